The van der Waals surface area contributed by atoms with Gasteiger partial charge in [-0.25, -0.2) is 8.78 Å². The molecule has 1 N–H and O–H groups in total. The van der Waals surface area contributed by atoms with Crippen molar-refractivity contribution in [3.63, 3.8) is 0 Å². The van der Waals surface area contributed by atoms with Crippen molar-refractivity contribution < 1.29 is 28.2 Å². The summed E-state index contributed by atoms with van der Waals surface area (Å²) in [6, 6.07) is 4.63. The van der Waals surface area contributed by atoms with E-state index in [0.717, 1.165) is 17.7 Å². The van der Waals surface area contributed by atoms with Crippen molar-refractivity contribution in [2.24, 2.45) is 0 Å². The zero-order valence-electron chi connectivity index (χ0n) is 19.7. The fourth-order valence-corrected chi connectivity index (χ4v) is 4.81. The minimum atomic E-state index is -0.976. The summed E-state index contributed by atoms with van der Waals surface area (Å²) >= 11 is 1.50. The predicted octanol–water partition coefficient (Wildman–Crippen LogP) is 3.30. The van der Waals surface area contributed by atoms with Crippen LogP contribution in [0.3, 0.4) is 0 Å². The predicted molar refractivity (Wildman–Crippen MR) is 130 cm³/mol. The number of fused-ring (bicyclic) bond motifs is 1. The summed E-state index contributed by atoms with van der Waals surface area (Å²) < 4.78 is 33.7. The molecule has 0 saturated heterocycles. The van der Waals surface area contributed by atoms with Gasteiger partial charge in [-0.1, -0.05) is 6.07 Å². The van der Waals surface area contributed by atoms with E-state index in [-0.39, 0.29) is 49.0 Å². The number of rotatable bonds is 9. The number of hydrogen-bond acceptors (Lipinski definition) is 7. The molecule has 1 aromatic carbocycles. The second-order valence-electron chi connectivity index (χ2n) is 8.59. The number of carbonyl (C=O) groups excluding carboxylic acids is 2. The van der Waals surface area contributed by atoms with Crippen molar-refractivity contribution in [2.45, 2.75) is 32.4 Å². The molecular weight excluding hydrogens is 492 g/mol. The number of pyridine rings is 1. The highest BCUT2D eigenvalue weighted by atomic mass is 32.1. The number of aromatic hydroxyl groups is 1. The molecule has 1 aliphatic rings. The number of methoxy groups -OCH3 is 1. The van der Waals surface area contributed by atoms with Crippen molar-refractivity contribution in [3.8, 4) is 5.75 Å². The van der Waals surface area contributed by atoms with Crippen LogP contribution in [-0.4, -0.2) is 52.8 Å². The number of nitrogens with zero attached hydrogens (tertiary/aromatic N) is 3. The molecule has 0 spiro atoms. The first-order valence-corrected chi connectivity index (χ1v) is 12.2. The van der Waals surface area contributed by atoms with Gasteiger partial charge in [0.2, 0.25) is 5.43 Å². The van der Waals surface area contributed by atoms with Gasteiger partial charge in [-0.3, -0.25) is 24.1 Å². The van der Waals surface area contributed by atoms with Gasteiger partial charge < -0.3 is 14.7 Å². The number of benzene rings is 1. The monoisotopic (exact) mass is 517 g/mol. The average molecular weight is 518 g/mol. The number of aryl methyl sites for hydroxylation is 1. The molecule has 1 amide bonds. The second kappa shape index (κ2) is 10.6. The molecule has 0 radical (unpaired) electrons. The molecule has 190 valence electrons. The summed E-state index contributed by atoms with van der Waals surface area (Å²) in [6.45, 7) is 2.51. The van der Waals surface area contributed by atoms with E-state index in [1.54, 1.807) is 11.9 Å². The first-order valence-electron chi connectivity index (χ1n) is 11.2. The lowest BCUT2D eigenvalue weighted by molar-refractivity contribution is 0.0478. The van der Waals surface area contributed by atoms with Gasteiger partial charge in [0, 0.05) is 25.8 Å². The Morgan fingerprint density at radius 2 is 2.03 bits per heavy atom. The lowest BCUT2D eigenvalue weighted by Crippen LogP contribution is -2.57. The van der Waals surface area contributed by atoms with E-state index < -0.39 is 34.5 Å². The van der Waals surface area contributed by atoms with Crippen LogP contribution < -0.4 is 10.4 Å². The van der Waals surface area contributed by atoms with Crippen LogP contribution in [0.25, 0.3) is 0 Å². The summed E-state index contributed by atoms with van der Waals surface area (Å²) in [5.74, 6) is -3.55. The Bertz CT molecular complexity index is 1340. The van der Waals surface area contributed by atoms with Crippen molar-refractivity contribution in [2.75, 3.05) is 25.4 Å². The first-order chi connectivity index (χ1) is 17.2. The molecule has 0 aliphatic carbocycles. The highest BCUT2D eigenvalue weighted by Gasteiger charge is 2.36. The van der Waals surface area contributed by atoms with Crippen LogP contribution in [0.2, 0.25) is 0 Å². The van der Waals surface area contributed by atoms with E-state index in [1.165, 1.54) is 40.3 Å². The van der Waals surface area contributed by atoms with E-state index in [2.05, 4.69) is 0 Å². The largest absolute Gasteiger partial charge is 0.502 e. The first kappa shape index (κ1) is 25.5. The molecule has 0 bridgehead atoms. The fraction of sp³-hybridized carbons (Fsp3) is 0.320. The van der Waals surface area contributed by atoms with Gasteiger partial charge in [0.15, 0.2) is 17.2 Å². The number of ether oxygens (including phenoxy) is 1. The Balaban J connectivity index is 1.70. The number of halogens is 2. The summed E-state index contributed by atoms with van der Waals surface area (Å²) in [4.78, 5) is 40.7. The lowest BCUT2D eigenvalue weighted by atomic mass is 10.0. The van der Waals surface area contributed by atoms with Gasteiger partial charge >= 0.3 is 0 Å². The van der Waals surface area contributed by atoms with E-state index >= 15 is 0 Å². The maximum Gasteiger partial charge on any atom is 0.278 e. The standard InChI is InChI=1S/C25H25F2N3O5S/c1-15(12-35-2)29-14-28(10-16-7-8-36-13-16)30-11-19(23(32)24(33)22(30)25(29)34)21(31)6-4-17-3-5-18(26)9-20(17)27/h3,5,7-9,11,13,15,33H,4,6,10,12,14H2,1-2H3/t15-/m0/s1. The highest BCUT2D eigenvalue weighted by molar-refractivity contribution is 7.07. The number of amides is 1. The number of aromatic nitrogens is 1. The Morgan fingerprint density at radius 1 is 1.25 bits per heavy atom. The molecule has 3 heterocycles. The van der Waals surface area contributed by atoms with E-state index in [0.29, 0.717) is 6.54 Å². The van der Waals surface area contributed by atoms with Gasteiger partial charge in [0.1, 0.15) is 18.3 Å². The van der Waals surface area contributed by atoms with Crippen LogP contribution in [0.5, 0.6) is 5.75 Å². The topological polar surface area (TPSA) is 92.1 Å². The molecular formula is C25H25F2N3O5S. The number of carbonyl (C=O) groups is 2. The zero-order chi connectivity index (χ0) is 26.0. The molecule has 0 fully saturated rings. The Kier molecular flexibility index (Phi) is 7.51. The molecule has 0 unspecified atom stereocenters. The minimum absolute atomic E-state index is 0.0627. The third kappa shape index (κ3) is 5.02. The molecule has 4 rings (SSSR count). The minimum Gasteiger partial charge on any atom is -0.502 e. The third-order valence-corrected chi connectivity index (χ3v) is 6.80. The molecule has 3 aromatic rings. The molecule has 11 heteroatoms. The van der Waals surface area contributed by atoms with Crippen molar-refractivity contribution >= 4 is 23.0 Å². The maximum absolute atomic E-state index is 14.0. The summed E-state index contributed by atoms with van der Waals surface area (Å²) in [7, 11) is 1.51. The van der Waals surface area contributed by atoms with Crippen LogP contribution in [0.15, 0.2) is 46.0 Å². The average Bonchev–Trinajstić information content (AvgIpc) is 3.35. The van der Waals surface area contributed by atoms with Gasteiger partial charge in [-0.05, 0) is 47.4 Å². The van der Waals surface area contributed by atoms with Crippen LogP contribution in [0, 0.1) is 11.6 Å². The SMILES string of the molecule is COC[C@H](C)N1CN(Cc2ccsc2)n2cc(C(=O)CCc3ccc(F)cc3F)c(=O)c(O)c2C1=O. The Labute approximate surface area is 209 Å². The van der Waals surface area contributed by atoms with Gasteiger partial charge in [-0.2, -0.15) is 11.3 Å². The van der Waals surface area contributed by atoms with Crippen molar-refractivity contribution in [1.82, 2.24) is 9.58 Å². The summed E-state index contributed by atoms with van der Waals surface area (Å²) in [5, 5.41) is 16.4. The van der Waals surface area contributed by atoms with E-state index in [4.69, 9.17) is 4.74 Å². The maximum atomic E-state index is 14.0. The summed E-state index contributed by atoms with van der Waals surface area (Å²) in [6.07, 6.45) is 0.947. The van der Waals surface area contributed by atoms with E-state index in [1.807, 2.05) is 16.8 Å². The smallest absolute Gasteiger partial charge is 0.278 e. The molecule has 2 aromatic heterocycles. The molecule has 8 nitrogen and oxygen atoms in total. The third-order valence-electron chi connectivity index (χ3n) is 6.07. The zero-order valence-corrected chi connectivity index (χ0v) is 20.6. The second-order valence-corrected chi connectivity index (χ2v) is 9.37. The summed E-state index contributed by atoms with van der Waals surface area (Å²) in [5.41, 5.74) is -0.469. The number of Topliss-reactive ketones (excluding diaryl/α,β-unsaturated/α-hetero) is 1. The quantitative estimate of drug-likeness (QED) is 0.438. The lowest BCUT2D eigenvalue weighted by Gasteiger charge is -2.42. The number of ketones is 1. The Hall–Kier alpha value is -3.57. The van der Waals surface area contributed by atoms with Gasteiger partial charge in [-0.15, -0.1) is 0 Å². The van der Waals surface area contributed by atoms with Crippen LogP contribution in [-0.2, 0) is 17.7 Å². The molecule has 36 heavy (non-hydrogen) atoms. The van der Waals surface area contributed by atoms with Crippen molar-refractivity contribution in [1.29, 1.82) is 0 Å². The molecule has 1 aliphatic heterocycles. The van der Waals surface area contributed by atoms with Gasteiger partial charge in [0.25, 0.3) is 5.91 Å². The number of hydrogen-bond donors (Lipinski definition) is 1. The van der Waals surface area contributed by atoms with Crippen LogP contribution in [0.1, 0.15) is 45.3 Å². The highest BCUT2D eigenvalue weighted by Crippen LogP contribution is 2.25. The number of thiophene rings is 1. The van der Waals surface area contributed by atoms with Gasteiger partial charge in [0.05, 0.1) is 24.8 Å². The van der Waals surface area contributed by atoms with Crippen molar-refractivity contribution in [3.05, 3.63) is 85.5 Å². The normalized spacial score (nSPS) is 14.2. The fourth-order valence-electron chi connectivity index (χ4n) is 4.15. The Morgan fingerprint density at radius 3 is 2.69 bits per heavy atom. The molecule has 0 saturated carbocycles. The van der Waals surface area contributed by atoms with E-state index in [9.17, 15) is 28.3 Å². The van der Waals surface area contributed by atoms with Crippen LogP contribution >= 0.6 is 11.3 Å². The van der Waals surface area contributed by atoms with Crippen LogP contribution in [0.4, 0.5) is 8.78 Å². The molecule has 1 atom stereocenters.